The lowest BCUT2D eigenvalue weighted by molar-refractivity contribution is 0.0110. The number of hydrogen-bond donors (Lipinski definition) is 1. The van der Waals surface area contributed by atoms with Crippen LogP contribution in [0.2, 0.25) is 0 Å². The fourth-order valence-electron chi connectivity index (χ4n) is 2.21. The fraction of sp³-hybridized carbons (Fsp3) is 0.571. The molecule has 0 aromatic heterocycles. The van der Waals surface area contributed by atoms with E-state index in [1.165, 1.54) is 10.6 Å². The minimum absolute atomic E-state index is 0.404. The molecular weight excluding hydrogens is 296 g/mol. The van der Waals surface area contributed by atoms with Gasteiger partial charge < -0.3 is 5.11 Å². The van der Waals surface area contributed by atoms with Crippen LogP contribution in [0.15, 0.2) is 33.6 Å². The monoisotopic (exact) mass is 314 g/mol. The SMILES string of the molecule is C[C@]1(O)CC[C@@H](CSc2ccc(Br)cc2)CC1. The van der Waals surface area contributed by atoms with E-state index >= 15 is 0 Å². The molecule has 0 amide bonds. The van der Waals surface area contributed by atoms with Crippen LogP contribution in [0.4, 0.5) is 0 Å². The van der Waals surface area contributed by atoms with Gasteiger partial charge in [0.05, 0.1) is 5.60 Å². The van der Waals surface area contributed by atoms with Gasteiger partial charge in [-0.3, -0.25) is 0 Å². The molecule has 1 N–H and O–H groups in total. The molecule has 1 aliphatic rings. The van der Waals surface area contributed by atoms with E-state index in [1.54, 1.807) is 0 Å². The summed E-state index contributed by atoms with van der Waals surface area (Å²) in [5.74, 6) is 1.95. The number of benzene rings is 1. The highest BCUT2D eigenvalue weighted by molar-refractivity contribution is 9.10. The van der Waals surface area contributed by atoms with Crippen molar-refractivity contribution in [1.29, 1.82) is 0 Å². The van der Waals surface area contributed by atoms with Crippen molar-refractivity contribution in [3.05, 3.63) is 28.7 Å². The van der Waals surface area contributed by atoms with Crippen molar-refractivity contribution >= 4 is 27.7 Å². The third-order valence-electron chi connectivity index (χ3n) is 3.48. The Morgan fingerprint density at radius 1 is 1.29 bits per heavy atom. The van der Waals surface area contributed by atoms with Crippen molar-refractivity contribution < 1.29 is 5.11 Å². The first-order chi connectivity index (χ1) is 8.05. The first-order valence-electron chi connectivity index (χ1n) is 6.16. The van der Waals surface area contributed by atoms with Crippen LogP contribution >= 0.6 is 27.7 Å². The summed E-state index contributed by atoms with van der Waals surface area (Å²) in [4.78, 5) is 1.34. The van der Waals surface area contributed by atoms with Crippen LogP contribution in [0.5, 0.6) is 0 Å². The largest absolute Gasteiger partial charge is 0.390 e. The van der Waals surface area contributed by atoms with Crippen LogP contribution in [0, 0.1) is 5.92 Å². The van der Waals surface area contributed by atoms with Crippen molar-refractivity contribution in [3.63, 3.8) is 0 Å². The fourth-order valence-corrected chi connectivity index (χ4v) is 3.57. The molecule has 3 heteroatoms. The molecule has 1 saturated carbocycles. The normalized spacial score (nSPS) is 29.2. The van der Waals surface area contributed by atoms with Crippen LogP contribution in [0.3, 0.4) is 0 Å². The summed E-state index contributed by atoms with van der Waals surface area (Å²) in [6, 6.07) is 8.50. The number of aliphatic hydroxyl groups is 1. The predicted molar refractivity (Wildman–Crippen MR) is 77.4 cm³/mol. The lowest BCUT2D eigenvalue weighted by atomic mass is 9.81. The van der Waals surface area contributed by atoms with Gasteiger partial charge in [-0.15, -0.1) is 11.8 Å². The maximum Gasteiger partial charge on any atom is 0.0620 e. The molecule has 1 aromatic rings. The van der Waals surface area contributed by atoms with Gasteiger partial charge in [0.2, 0.25) is 0 Å². The van der Waals surface area contributed by atoms with Crippen molar-refractivity contribution in [1.82, 2.24) is 0 Å². The third kappa shape index (κ3) is 4.31. The highest BCUT2D eigenvalue weighted by Crippen LogP contribution is 2.35. The summed E-state index contributed by atoms with van der Waals surface area (Å²) >= 11 is 5.38. The van der Waals surface area contributed by atoms with Gasteiger partial charge in [-0.1, -0.05) is 15.9 Å². The predicted octanol–water partition coefficient (Wildman–Crippen LogP) is 4.48. The van der Waals surface area contributed by atoms with Crippen LogP contribution in [0.25, 0.3) is 0 Å². The molecule has 0 radical (unpaired) electrons. The van der Waals surface area contributed by atoms with E-state index in [9.17, 15) is 5.11 Å². The minimum atomic E-state index is -0.404. The van der Waals surface area contributed by atoms with Crippen LogP contribution in [-0.4, -0.2) is 16.5 Å². The topological polar surface area (TPSA) is 20.2 Å². The van der Waals surface area contributed by atoms with Crippen LogP contribution in [-0.2, 0) is 0 Å². The number of thioether (sulfide) groups is 1. The molecule has 0 atom stereocenters. The summed E-state index contributed by atoms with van der Waals surface area (Å²) in [7, 11) is 0. The maximum absolute atomic E-state index is 9.90. The lowest BCUT2D eigenvalue weighted by Crippen LogP contribution is -2.30. The second kappa shape index (κ2) is 5.77. The average Bonchev–Trinajstić information content (AvgIpc) is 2.30. The standard InChI is InChI=1S/C14H19BrOS/c1-14(16)8-6-11(7-9-14)10-17-13-4-2-12(15)3-5-13/h2-5,11,16H,6-10H2,1H3/t11-,14+. The zero-order valence-corrected chi connectivity index (χ0v) is 12.6. The Labute approximate surface area is 116 Å². The molecule has 0 heterocycles. The molecular formula is C14H19BrOS. The van der Waals surface area contributed by atoms with Crippen molar-refractivity contribution in [2.75, 3.05) is 5.75 Å². The summed E-state index contributed by atoms with van der Waals surface area (Å²) in [5, 5.41) is 9.90. The molecule has 94 valence electrons. The van der Waals surface area contributed by atoms with E-state index < -0.39 is 5.60 Å². The quantitative estimate of drug-likeness (QED) is 0.830. The summed E-state index contributed by atoms with van der Waals surface area (Å²) in [6.45, 7) is 1.96. The Bertz CT molecular complexity index is 351. The Hall–Kier alpha value is 0.01000. The van der Waals surface area contributed by atoms with Gasteiger partial charge in [-0.05, 0) is 62.8 Å². The van der Waals surface area contributed by atoms with Crippen LogP contribution < -0.4 is 0 Å². The maximum atomic E-state index is 9.90. The second-order valence-corrected chi connectivity index (χ2v) is 7.21. The number of hydrogen-bond acceptors (Lipinski definition) is 2. The Morgan fingerprint density at radius 3 is 2.47 bits per heavy atom. The zero-order chi connectivity index (χ0) is 12.3. The molecule has 1 aromatic carbocycles. The van der Waals surface area contributed by atoms with Crippen molar-refractivity contribution in [2.24, 2.45) is 5.92 Å². The van der Waals surface area contributed by atoms with E-state index in [1.807, 2.05) is 18.7 Å². The highest BCUT2D eigenvalue weighted by Gasteiger charge is 2.28. The van der Waals surface area contributed by atoms with Gasteiger partial charge in [0.25, 0.3) is 0 Å². The molecule has 0 spiro atoms. The molecule has 1 fully saturated rings. The van der Waals surface area contributed by atoms with Gasteiger partial charge in [-0.2, -0.15) is 0 Å². The van der Waals surface area contributed by atoms with Gasteiger partial charge in [0, 0.05) is 15.1 Å². The zero-order valence-electron chi connectivity index (χ0n) is 10.2. The first kappa shape index (κ1) is 13.4. The van der Waals surface area contributed by atoms with E-state index in [0.717, 1.165) is 36.1 Å². The molecule has 2 rings (SSSR count). The van der Waals surface area contributed by atoms with E-state index in [0.29, 0.717) is 0 Å². The van der Waals surface area contributed by atoms with Crippen molar-refractivity contribution in [2.45, 2.75) is 43.1 Å². The van der Waals surface area contributed by atoms with E-state index in [4.69, 9.17) is 0 Å². The average molecular weight is 315 g/mol. The second-order valence-electron chi connectivity index (χ2n) is 5.21. The van der Waals surface area contributed by atoms with Gasteiger partial charge in [0.15, 0.2) is 0 Å². The number of rotatable bonds is 3. The van der Waals surface area contributed by atoms with Gasteiger partial charge >= 0.3 is 0 Å². The Morgan fingerprint density at radius 2 is 1.88 bits per heavy atom. The molecule has 1 nitrogen and oxygen atoms in total. The smallest absolute Gasteiger partial charge is 0.0620 e. The Kier molecular flexibility index (Phi) is 4.56. The minimum Gasteiger partial charge on any atom is -0.390 e. The molecule has 0 saturated heterocycles. The lowest BCUT2D eigenvalue weighted by Gasteiger charge is -2.32. The summed E-state index contributed by atoms with van der Waals surface area (Å²) in [5.41, 5.74) is -0.404. The molecule has 0 unspecified atom stereocenters. The highest BCUT2D eigenvalue weighted by atomic mass is 79.9. The molecule has 17 heavy (non-hydrogen) atoms. The van der Waals surface area contributed by atoms with Crippen LogP contribution in [0.1, 0.15) is 32.6 Å². The number of halogens is 1. The molecule has 1 aliphatic carbocycles. The summed E-state index contributed by atoms with van der Waals surface area (Å²) < 4.78 is 1.13. The van der Waals surface area contributed by atoms with Gasteiger partial charge in [0.1, 0.15) is 0 Å². The molecule has 0 aliphatic heterocycles. The van der Waals surface area contributed by atoms with E-state index in [2.05, 4.69) is 40.2 Å². The molecule has 0 bridgehead atoms. The third-order valence-corrected chi connectivity index (χ3v) is 5.25. The van der Waals surface area contributed by atoms with E-state index in [-0.39, 0.29) is 0 Å². The van der Waals surface area contributed by atoms with Crippen molar-refractivity contribution in [3.8, 4) is 0 Å². The summed E-state index contributed by atoms with van der Waals surface area (Å²) in [6.07, 6.45) is 4.24. The first-order valence-corrected chi connectivity index (χ1v) is 7.94. The Balaban J connectivity index is 1.78. The van der Waals surface area contributed by atoms with Gasteiger partial charge in [-0.25, -0.2) is 0 Å².